The molecule has 2 aromatic rings. The molecule has 0 aliphatic rings. The molecule has 0 aliphatic carbocycles. The van der Waals surface area contributed by atoms with Gasteiger partial charge in [-0.05, 0) is 74.2 Å². The van der Waals surface area contributed by atoms with E-state index < -0.39 is 0 Å². The highest BCUT2D eigenvalue weighted by Crippen LogP contribution is 2.24. The number of aryl methyl sites for hydroxylation is 4. The molecule has 21 heavy (non-hydrogen) atoms. The van der Waals surface area contributed by atoms with Gasteiger partial charge in [0.05, 0.1) is 0 Å². The molecular formula is C16H19BrCl3N. The van der Waals surface area contributed by atoms with Gasteiger partial charge in [0.1, 0.15) is 0 Å². The third kappa shape index (κ3) is 6.07. The Balaban J connectivity index is 0.000000364. The predicted molar refractivity (Wildman–Crippen MR) is 101 cm³/mol. The van der Waals surface area contributed by atoms with Crippen LogP contribution >= 0.6 is 51.5 Å². The van der Waals surface area contributed by atoms with Crippen molar-refractivity contribution in [1.82, 2.24) is 0 Å². The van der Waals surface area contributed by atoms with Gasteiger partial charge >= 0.3 is 0 Å². The van der Waals surface area contributed by atoms with Crippen molar-refractivity contribution in [2.24, 2.45) is 0 Å². The maximum Gasteiger partial charge on any atom is 0.0412 e. The van der Waals surface area contributed by atoms with Gasteiger partial charge in [0.15, 0.2) is 0 Å². The molecule has 0 spiro atoms. The van der Waals surface area contributed by atoms with Crippen LogP contribution in [-0.2, 0) is 0 Å². The quantitative estimate of drug-likeness (QED) is 0.481. The normalized spacial score (nSPS) is 9.48. The van der Waals surface area contributed by atoms with E-state index in [9.17, 15) is 0 Å². The Kier molecular flexibility index (Phi) is 8.72. The van der Waals surface area contributed by atoms with E-state index in [4.69, 9.17) is 28.9 Å². The Morgan fingerprint density at radius 2 is 1.05 bits per heavy atom. The first kappa shape index (κ1) is 20.6. The highest BCUT2D eigenvalue weighted by atomic mass is 79.9. The molecule has 0 amide bonds. The van der Waals surface area contributed by atoms with Crippen molar-refractivity contribution in [3.05, 3.63) is 61.0 Å². The van der Waals surface area contributed by atoms with E-state index in [2.05, 4.69) is 15.9 Å². The van der Waals surface area contributed by atoms with Crippen LogP contribution in [0.2, 0.25) is 10.0 Å². The predicted octanol–water partition coefficient (Wildman–Crippen LogP) is 6.68. The van der Waals surface area contributed by atoms with E-state index >= 15 is 0 Å². The van der Waals surface area contributed by atoms with E-state index in [0.717, 1.165) is 31.3 Å². The molecule has 0 heterocycles. The molecule has 0 saturated heterocycles. The summed E-state index contributed by atoms with van der Waals surface area (Å²) in [5.41, 5.74) is 11.0. The van der Waals surface area contributed by atoms with Crippen molar-refractivity contribution >= 4 is 57.2 Å². The first-order valence-corrected chi connectivity index (χ1v) is 7.71. The number of hydrogen-bond acceptors (Lipinski definition) is 1. The zero-order valence-electron chi connectivity index (χ0n) is 12.4. The van der Waals surface area contributed by atoms with Gasteiger partial charge in [-0.1, -0.05) is 39.1 Å². The zero-order chi connectivity index (χ0) is 15.4. The lowest BCUT2D eigenvalue weighted by Crippen LogP contribution is -1.92. The van der Waals surface area contributed by atoms with Crippen molar-refractivity contribution in [1.29, 1.82) is 0 Å². The number of rotatable bonds is 0. The Labute approximate surface area is 151 Å². The minimum atomic E-state index is 0. The molecular weight excluding hydrogens is 392 g/mol. The maximum absolute atomic E-state index is 5.80. The summed E-state index contributed by atoms with van der Waals surface area (Å²) in [4.78, 5) is 0. The fourth-order valence-electron chi connectivity index (χ4n) is 1.81. The summed E-state index contributed by atoms with van der Waals surface area (Å²) in [7, 11) is 0. The van der Waals surface area contributed by atoms with Crippen LogP contribution in [0.1, 0.15) is 22.3 Å². The third-order valence-corrected chi connectivity index (χ3v) is 4.65. The molecule has 0 fully saturated rings. The number of hydrogen-bond donors (Lipinski definition) is 1. The number of nitrogen functional groups attached to an aromatic ring is 1. The molecule has 0 aliphatic heterocycles. The molecule has 2 aromatic carbocycles. The second-order valence-corrected chi connectivity index (χ2v) is 6.47. The molecule has 0 aromatic heterocycles. The Hall–Kier alpha value is -0.410. The van der Waals surface area contributed by atoms with Gasteiger partial charge in [-0.3, -0.25) is 0 Å². The molecule has 2 rings (SSSR count). The summed E-state index contributed by atoms with van der Waals surface area (Å²) < 4.78 is 1.15. The second kappa shape index (κ2) is 8.89. The average molecular weight is 412 g/mol. The van der Waals surface area contributed by atoms with Crippen LogP contribution in [0.25, 0.3) is 0 Å². The lowest BCUT2D eigenvalue weighted by molar-refractivity contribution is 1.34. The maximum atomic E-state index is 5.80. The van der Waals surface area contributed by atoms with Crippen LogP contribution in [0.15, 0.2) is 28.7 Å². The molecule has 0 radical (unpaired) electrons. The minimum absolute atomic E-state index is 0. The summed E-state index contributed by atoms with van der Waals surface area (Å²) in [5, 5.41) is 1.56. The van der Waals surface area contributed by atoms with Gasteiger partial charge in [-0.2, -0.15) is 0 Å². The van der Waals surface area contributed by atoms with Gasteiger partial charge in [0.2, 0.25) is 0 Å². The first-order valence-electron chi connectivity index (χ1n) is 6.17. The Morgan fingerprint density at radius 1 is 0.762 bits per heavy atom. The number of benzene rings is 2. The van der Waals surface area contributed by atoms with E-state index in [1.807, 2.05) is 52.0 Å². The fraction of sp³-hybridized carbons (Fsp3) is 0.250. The van der Waals surface area contributed by atoms with Crippen LogP contribution in [0.3, 0.4) is 0 Å². The minimum Gasteiger partial charge on any atom is -0.398 e. The molecule has 5 heteroatoms. The highest BCUT2D eigenvalue weighted by Gasteiger charge is 1.99. The van der Waals surface area contributed by atoms with Crippen LogP contribution in [-0.4, -0.2) is 0 Å². The SMILES string of the molecule is Cc1cc(Cl)cc(C)c1Br.Cc1cc(Cl)cc(C)c1N.Cl. The van der Waals surface area contributed by atoms with Crippen molar-refractivity contribution in [3.63, 3.8) is 0 Å². The van der Waals surface area contributed by atoms with Crippen molar-refractivity contribution in [2.75, 3.05) is 5.73 Å². The fourth-order valence-corrected chi connectivity index (χ4v) is 2.70. The number of nitrogens with two attached hydrogens (primary N) is 1. The van der Waals surface area contributed by atoms with Crippen LogP contribution in [0.4, 0.5) is 5.69 Å². The molecule has 2 N–H and O–H groups in total. The van der Waals surface area contributed by atoms with Crippen LogP contribution in [0, 0.1) is 27.7 Å². The largest absolute Gasteiger partial charge is 0.398 e. The molecule has 0 unspecified atom stereocenters. The average Bonchev–Trinajstić information content (AvgIpc) is 2.33. The van der Waals surface area contributed by atoms with E-state index in [1.54, 1.807) is 0 Å². The van der Waals surface area contributed by atoms with Crippen LogP contribution in [0.5, 0.6) is 0 Å². The lowest BCUT2D eigenvalue weighted by atomic mass is 10.1. The van der Waals surface area contributed by atoms with Gasteiger partial charge in [0.25, 0.3) is 0 Å². The smallest absolute Gasteiger partial charge is 0.0412 e. The van der Waals surface area contributed by atoms with Gasteiger partial charge in [0, 0.05) is 20.2 Å². The summed E-state index contributed by atoms with van der Waals surface area (Å²) in [5.74, 6) is 0. The third-order valence-electron chi connectivity index (χ3n) is 2.96. The second-order valence-electron chi connectivity index (χ2n) is 4.81. The Morgan fingerprint density at radius 3 is 1.38 bits per heavy atom. The van der Waals surface area contributed by atoms with Crippen molar-refractivity contribution in [2.45, 2.75) is 27.7 Å². The van der Waals surface area contributed by atoms with Crippen LogP contribution < -0.4 is 5.73 Å². The lowest BCUT2D eigenvalue weighted by Gasteiger charge is -2.03. The number of anilines is 1. The molecule has 0 bridgehead atoms. The summed E-state index contributed by atoms with van der Waals surface area (Å²) in [6.07, 6.45) is 0. The number of halogens is 4. The van der Waals surface area contributed by atoms with E-state index in [1.165, 1.54) is 11.1 Å². The van der Waals surface area contributed by atoms with Crippen molar-refractivity contribution in [3.8, 4) is 0 Å². The summed E-state index contributed by atoms with van der Waals surface area (Å²) in [6.45, 7) is 7.97. The van der Waals surface area contributed by atoms with Gasteiger partial charge < -0.3 is 5.73 Å². The molecule has 0 atom stereocenters. The molecule has 116 valence electrons. The standard InChI is InChI=1S/C8H8BrCl.C8H10ClN.ClH/c1-5-3-7(10)4-6(2)8(5)9;1-5-3-7(9)4-6(2)8(5)10;/h3-4H,1-2H3;3-4H,10H2,1-2H3;1H. The Bertz CT molecular complexity index is 525. The van der Waals surface area contributed by atoms with Crippen molar-refractivity contribution < 1.29 is 0 Å². The monoisotopic (exact) mass is 409 g/mol. The van der Waals surface area contributed by atoms with Gasteiger partial charge in [-0.25, -0.2) is 0 Å². The van der Waals surface area contributed by atoms with Gasteiger partial charge in [-0.15, -0.1) is 12.4 Å². The first-order chi connectivity index (χ1) is 9.22. The summed E-state index contributed by atoms with van der Waals surface area (Å²) in [6, 6.07) is 7.62. The van der Waals surface area contributed by atoms with E-state index in [0.29, 0.717) is 0 Å². The van der Waals surface area contributed by atoms with E-state index in [-0.39, 0.29) is 12.4 Å². The molecule has 0 saturated carbocycles. The topological polar surface area (TPSA) is 26.0 Å². The zero-order valence-corrected chi connectivity index (χ0v) is 16.3. The molecule has 1 nitrogen and oxygen atoms in total. The highest BCUT2D eigenvalue weighted by molar-refractivity contribution is 9.10. The summed E-state index contributed by atoms with van der Waals surface area (Å²) >= 11 is 15.0.